The zero-order valence-corrected chi connectivity index (χ0v) is 58.1. The van der Waals surface area contributed by atoms with Gasteiger partial charge in [0.2, 0.25) is 0 Å². The molecule has 0 radical (unpaired) electrons. The minimum atomic E-state index is -4.95. The summed E-state index contributed by atoms with van der Waals surface area (Å²) in [5, 5.41) is 10.5. The highest BCUT2D eigenvalue weighted by Crippen LogP contribution is 2.45. The molecule has 0 bridgehead atoms. The van der Waals surface area contributed by atoms with Gasteiger partial charge in [-0.25, -0.2) is 9.13 Å². The molecule has 0 amide bonds. The van der Waals surface area contributed by atoms with E-state index in [1.165, 1.54) is 154 Å². The van der Waals surface area contributed by atoms with Gasteiger partial charge in [0, 0.05) is 25.7 Å². The van der Waals surface area contributed by atoms with Gasteiger partial charge in [0.05, 0.1) is 26.4 Å². The first-order chi connectivity index (χ1) is 41.9. The smallest absolute Gasteiger partial charge is 0.462 e. The van der Waals surface area contributed by atoms with Crippen molar-refractivity contribution in [2.45, 2.75) is 362 Å². The van der Waals surface area contributed by atoms with Crippen molar-refractivity contribution in [1.29, 1.82) is 0 Å². The predicted molar refractivity (Wildman–Crippen MR) is 349 cm³/mol. The van der Waals surface area contributed by atoms with Gasteiger partial charge in [-0.05, 0) is 37.5 Å². The molecule has 0 heterocycles. The van der Waals surface area contributed by atoms with E-state index in [1.54, 1.807) is 0 Å². The molecular formula is C68H132O17P2. The molecule has 0 saturated carbocycles. The number of aliphatic hydroxyl groups excluding tert-OH is 1. The summed E-state index contributed by atoms with van der Waals surface area (Å²) in [6.45, 7) is 9.41. The molecule has 0 aromatic rings. The Balaban J connectivity index is 5.16. The molecule has 17 nitrogen and oxygen atoms in total. The standard InChI is InChI=1S/C68H132O17P2/c1-7-9-11-13-14-15-16-17-18-19-20-21-24-28-34-40-46-52-67(72)85-64(57-79-66(71)51-45-39-33-27-25-22-23-26-31-37-42-48-60(3)4)59-83-87(76,77)81-55-62(69)54-80-86(74,75)82-58-63(56-78-65(70)50-44-36-12-10-8-2)84-68(73)53-47-41-35-30-29-32-38-43-49-61(5)6/h60-64,69H,7-59H2,1-6H3,(H,74,75)(H,76,77)/t62-,63+,64+/m0/s1. The SMILES string of the molecule is CCCCCCCCCCCCCCCCCCCC(=O)O[C@H](COC(=O)CCCCCCCCCCCCCC(C)C)COP(=O)(O)OC[C@@H](O)COP(=O)(O)OC[C@@H](COC(=O)CCCCCCC)OC(=O)CCCCCCCCCCC(C)C. The predicted octanol–water partition coefficient (Wildman–Crippen LogP) is 19.2. The molecule has 0 aliphatic rings. The summed E-state index contributed by atoms with van der Waals surface area (Å²) in [7, 11) is -9.89. The van der Waals surface area contributed by atoms with Crippen molar-refractivity contribution in [2.24, 2.45) is 11.8 Å². The van der Waals surface area contributed by atoms with Crippen molar-refractivity contribution in [3.8, 4) is 0 Å². The molecule has 516 valence electrons. The maximum absolute atomic E-state index is 13.0. The van der Waals surface area contributed by atoms with E-state index in [4.69, 9.17) is 37.0 Å². The Morgan fingerprint density at radius 1 is 0.310 bits per heavy atom. The first kappa shape index (κ1) is 85.1. The second-order valence-electron chi connectivity index (χ2n) is 25.5. The summed E-state index contributed by atoms with van der Waals surface area (Å²) >= 11 is 0. The second-order valence-corrected chi connectivity index (χ2v) is 28.4. The quantitative estimate of drug-likeness (QED) is 0.0222. The van der Waals surface area contributed by atoms with Crippen LogP contribution in [0.2, 0.25) is 0 Å². The maximum atomic E-state index is 13.0. The molecule has 0 aromatic heterocycles. The van der Waals surface area contributed by atoms with Crippen molar-refractivity contribution in [3.05, 3.63) is 0 Å². The van der Waals surface area contributed by atoms with Crippen molar-refractivity contribution in [1.82, 2.24) is 0 Å². The number of esters is 4. The number of hydrogen-bond acceptors (Lipinski definition) is 15. The minimum Gasteiger partial charge on any atom is -0.462 e. The molecule has 87 heavy (non-hydrogen) atoms. The van der Waals surface area contributed by atoms with E-state index in [9.17, 15) is 43.2 Å². The maximum Gasteiger partial charge on any atom is 0.472 e. The van der Waals surface area contributed by atoms with Crippen LogP contribution in [0.4, 0.5) is 0 Å². The minimum absolute atomic E-state index is 0.104. The summed E-state index contributed by atoms with van der Waals surface area (Å²) in [4.78, 5) is 72.2. The van der Waals surface area contributed by atoms with Crippen LogP contribution < -0.4 is 0 Å². The fraction of sp³-hybridized carbons (Fsp3) is 0.941. The lowest BCUT2D eigenvalue weighted by atomic mass is 10.0. The van der Waals surface area contributed by atoms with Gasteiger partial charge >= 0.3 is 39.5 Å². The van der Waals surface area contributed by atoms with Crippen molar-refractivity contribution >= 4 is 39.5 Å². The van der Waals surface area contributed by atoms with Crippen molar-refractivity contribution in [2.75, 3.05) is 39.6 Å². The molecule has 0 aromatic carbocycles. The van der Waals surface area contributed by atoms with Crippen LogP contribution in [-0.4, -0.2) is 96.7 Å². The van der Waals surface area contributed by atoms with E-state index >= 15 is 0 Å². The average Bonchev–Trinajstić information content (AvgIpc) is 3.70. The number of rotatable bonds is 67. The van der Waals surface area contributed by atoms with Gasteiger partial charge < -0.3 is 33.8 Å². The van der Waals surface area contributed by atoms with E-state index in [2.05, 4.69) is 41.5 Å². The molecule has 5 atom stereocenters. The van der Waals surface area contributed by atoms with Gasteiger partial charge in [-0.15, -0.1) is 0 Å². The van der Waals surface area contributed by atoms with Gasteiger partial charge in [0.25, 0.3) is 0 Å². The number of phosphoric ester groups is 2. The summed E-state index contributed by atoms with van der Waals surface area (Å²) in [5.74, 6) is -0.649. The second kappa shape index (κ2) is 60.3. The monoisotopic (exact) mass is 1280 g/mol. The number of ether oxygens (including phenoxy) is 4. The van der Waals surface area contributed by atoms with Crippen LogP contribution in [-0.2, 0) is 65.4 Å². The number of hydrogen-bond donors (Lipinski definition) is 3. The van der Waals surface area contributed by atoms with Gasteiger partial charge in [0.15, 0.2) is 12.2 Å². The highest BCUT2D eigenvalue weighted by Gasteiger charge is 2.30. The van der Waals surface area contributed by atoms with Gasteiger partial charge in [-0.3, -0.25) is 37.3 Å². The molecule has 3 N–H and O–H groups in total. The van der Waals surface area contributed by atoms with Crippen molar-refractivity contribution < 1.29 is 80.2 Å². The molecule has 0 rings (SSSR count). The lowest BCUT2D eigenvalue weighted by Gasteiger charge is -2.21. The summed E-state index contributed by atoms with van der Waals surface area (Å²) in [6, 6.07) is 0. The van der Waals surface area contributed by atoms with Crippen LogP contribution >= 0.6 is 15.6 Å². The first-order valence-corrected chi connectivity index (χ1v) is 38.5. The Kier molecular flexibility index (Phi) is 59.0. The molecule has 0 aliphatic heterocycles. The number of carbonyl (C=O) groups is 4. The number of phosphoric acid groups is 2. The Bertz CT molecular complexity index is 1700. The molecule has 0 fully saturated rings. The number of unbranched alkanes of at least 4 members (excludes halogenated alkanes) is 37. The van der Waals surface area contributed by atoms with Crippen LogP contribution in [0.25, 0.3) is 0 Å². The molecule has 19 heteroatoms. The number of carbonyl (C=O) groups excluding carboxylic acids is 4. The van der Waals surface area contributed by atoms with Crippen LogP contribution in [0, 0.1) is 11.8 Å². The lowest BCUT2D eigenvalue weighted by Crippen LogP contribution is -2.30. The summed E-state index contributed by atoms with van der Waals surface area (Å²) < 4.78 is 68.0. The van der Waals surface area contributed by atoms with Crippen LogP contribution in [0.5, 0.6) is 0 Å². The fourth-order valence-corrected chi connectivity index (χ4v) is 11.8. The zero-order valence-electron chi connectivity index (χ0n) is 56.3. The molecular weight excluding hydrogens is 1150 g/mol. The van der Waals surface area contributed by atoms with E-state index in [1.807, 2.05) is 0 Å². The van der Waals surface area contributed by atoms with Gasteiger partial charge in [-0.2, -0.15) is 0 Å². The topological polar surface area (TPSA) is 237 Å². The van der Waals surface area contributed by atoms with E-state index in [0.717, 1.165) is 108 Å². The third-order valence-electron chi connectivity index (χ3n) is 15.7. The third kappa shape index (κ3) is 62.6. The van der Waals surface area contributed by atoms with Gasteiger partial charge in [0.1, 0.15) is 19.3 Å². The van der Waals surface area contributed by atoms with E-state index < -0.39 is 97.5 Å². The van der Waals surface area contributed by atoms with Gasteiger partial charge in [-0.1, -0.05) is 292 Å². The summed E-state index contributed by atoms with van der Waals surface area (Å²) in [6.07, 6.45) is 44.9. The Morgan fingerprint density at radius 2 is 0.529 bits per heavy atom. The third-order valence-corrected chi connectivity index (χ3v) is 17.6. The van der Waals surface area contributed by atoms with Crippen LogP contribution in [0.3, 0.4) is 0 Å². The average molecular weight is 1280 g/mol. The Hall–Kier alpha value is -1.94. The Labute approximate surface area is 530 Å². The van der Waals surface area contributed by atoms with Crippen molar-refractivity contribution in [3.63, 3.8) is 0 Å². The highest BCUT2D eigenvalue weighted by atomic mass is 31.2. The zero-order chi connectivity index (χ0) is 64.3. The largest absolute Gasteiger partial charge is 0.472 e. The molecule has 0 aliphatic carbocycles. The molecule has 0 saturated heterocycles. The van der Waals surface area contributed by atoms with Crippen LogP contribution in [0.1, 0.15) is 343 Å². The van der Waals surface area contributed by atoms with E-state index in [-0.39, 0.29) is 25.7 Å². The number of aliphatic hydroxyl groups is 1. The molecule has 0 spiro atoms. The lowest BCUT2D eigenvalue weighted by molar-refractivity contribution is -0.161. The van der Waals surface area contributed by atoms with E-state index in [0.29, 0.717) is 25.7 Å². The molecule has 2 unspecified atom stereocenters. The van der Waals surface area contributed by atoms with Crippen LogP contribution in [0.15, 0.2) is 0 Å². The Morgan fingerprint density at radius 3 is 0.782 bits per heavy atom. The fourth-order valence-electron chi connectivity index (χ4n) is 10.2. The first-order valence-electron chi connectivity index (χ1n) is 35.5. The summed E-state index contributed by atoms with van der Waals surface area (Å²) in [5.41, 5.74) is 0. The highest BCUT2D eigenvalue weighted by molar-refractivity contribution is 7.47. The normalized spacial score (nSPS) is 14.2.